The zero-order valence-electron chi connectivity index (χ0n) is 6.63. The fraction of sp³-hybridized carbons (Fsp3) is 0.857. The molecule has 0 saturated carbocycles. The Balaban J connectivity index is 2.61. The molecule has 3 nitrogen and oxygen atoms in total. The Morgan fingerprint density at radius 1 is 1.70 bits per heavy atom. The normalized spacial score (nSPS) is 33.5. The fourth-order valence-electron chi connectivity index (χ4n) is 1.31. The van der Waals surface area contributed by atoms with Crippen LogP contribution in [0.4, 0.5) is 0 Å². The Morgan fingerprint density at radius 3 is 2.50 bits per heavy atom. The van der Waals surface area contributed by atoms with Crippen LogP contribution in [0.5, 0.6) is 0 Å². The van der Waals surface area contributed by atoms with Crippen LogP contribution in [0.15, 0.2) is 0 Å². The molecule has 0 bridgehead atoms. The standard InChI is InChI=1S/C7H13NO2/c1-5-4-6(10-3)8(2)7(5)9/h5-6H,4H2,1-3H3. The predicted molar refractivity (Wildman–Crippen MR) is 37.3 cm³/mol. The number of likely N-dealkylation sites (tertiary alicyclic amines) is 1. The highest BCUT2D eigenvalue weighted by Crippen LogP contribution is 2.22. The molecule has 0 spiro atoms. The average molecular weight is 143 g/mol. The molecule has 2 unspecified atom stereocenters. The van der Waals surface area contributed by atoms with Crippen molar-refractivity contribution in [3.05, 3.63) is 0 Å². The highest BCUT2D eigenvalue weighted by Gasteiger charge is 2.33. The third kappa shape index (κ3) is 1.01. The maximum Gasteiger partial charge on any atom is 0.227 e. The van der Waals surface area contributed by atoms with E-state index in [1.54, 1.807) is 19.1 Å². The number of hydrogen-bond donors (Lipinski definition) is 0. The van der Waals surface area contributed by atoms with Gasteiger partial charge in [-0.1, -0.05) is 6.92 Å². The highest BCUT2D eigenvalue weighted by molar-refractivity contribution is 5.80. The molecular formula is C7H13NO2. The third-order valence-corrected chi connectivity index (χ3v) is 2.03. The van der Waals surface area contributed by atoms with Crippen LogP contribution in [-0.2, 0) is 9.53 Å². The number of amides is 1. The van der Waals surface area contributed by atoms with Gasteiger partial charge < -0.3 is 9.64 Å². The van der Waals surface area contributed by atoms with Gasteiger partial charge in [-0.2, -0.15) is 0 Å². The van der Waals surface area contributed by atoms with E-state index in [0.717, 1.165) is 6.42 Å². The van der Waals surface area contributed by atoms with Gasteiger partial charge >= 0.3 is 0 Å². The van der Waals surface area contributed by atoms with Crippen LogP contribution in [0.2, 0.25) is 0 Å². The summed E-state index contributed by atoms with van der Waals surface area (Å²) in [7, 11) is 3.41. The molecule has 0 aliphatic carbocycles. The van der Waals surface area contributed by atoms with Crippen LogP contribution in [0.25, 0.3) is 0 Å². The zero-order chi connectivity index (χ0) is 7.72. The molecule has 1 aliphatic rings. The van der Waals surface area contributed by atoms with E-state index in [1.807, 2.05) is 6.92 Å². The van der Waals surface area contributed by atoms with Gasteiger partial charge in [0.15, 0.2) is 0 Å². The minimum Gasteiger partial charge on any atom is -0.362 e. The van der Waals surface area contributed by atoms with Crippen LogP contribution in [0.3, 0.4) is 0 Å². The topological polar surface area (TPSA) is 29.5 Å². The van der Waals surface area contributed by atoms with E-state index in [2.05, 4.69) is 0 Å². The maximum atomic E-state index is 11.1. The van der Waals surface area contributed by atoms with E-state index in [-0.39, 0.29) is 18.1 Å². The summed E-state index contributed by atoms with van der Waals surface area (Å²) in [5.74, 6) is 0.321. The summed E-state index contributed by atoms with van der Waals surface area (Å²) in [5, 5.41) is 0. The highest BCUT2D eigenvalue weighted by atomic mass is 16.5. The van der Waals surface area contributed by atoms with Gasteiger partial charge in [-0.3, -0.25) is 4.79 Å². The molecule has 1 amide bonds. The number of ether oxygens (including phenoxy) is 1. The summed E-state index contributed by atoms with van der Waals surface area (Å²) >= 11 is 0. The van der Waals surface area contributed by atoms with Crippen molar-refractivity contribution in [3.8, 4) is 0 Å². The Bertz CT molecular complexity index is 147. The van der Waals surface area contributed by atoms with E-state index < -0.39 is 0 Å². The van der Waals surface area contributed by atoms with Gasteiger partial charge in [0.2, 0.25) is 5.91 Å². The third-order valence-electron chi connectivity index (χ3n) is 2.03. The van der Waals surface area contributed by atoms with Gasteiger partial charge in [0.1, 0.15) is 6.23 Å². The first kappa shape index (κ1) is 7.54. The first-order valence-electron chi connectivity index (χ1n) is 3.46. The number of carbonyl (C=O) groups is 1. The summed E-state index contributed by atoms with van der Waals surface area (Å²) < 4.78 is 5.07. The van der Waals surface area contributed by atoms with Crippen LogP contribution in [0, 0.1) is 5.92 Å². The van der Waals surface area contributed by atoms with Gasteiger partial charge in [-0.25, -0.2) is 0 Å². The summed E-state index contributed by atoms with van der Waals surface area (Å²) in [6, 6.07) is 0. The fourth-order valence-corrected chi connectivity index (χ4v) is 1.31. The maximum absolute atomic E-state index is 11.1. The molecule has 1 aliphatic heterocycles. The lowest BCUT2D eigenvalue weighted by atomic mass is 10.1. The Morgan fingerprint density at radius 2 is 2.30 bits per heavy atom. The second kappa shape index (κ2) is 2.58. The van der Waals surface area contributed by atoms with Crippen LogP contribution < -0.4 is 0 Å². The molecule has 0 radical (unpaired) electrons. The SMILES string of the molecule is COC1CC(C)C(=O)N1C. The van der Waals surface area contributed by atoms with Crippen molar-refractivity contribution < 1.29 is 9.53 Å². The Hall–Kier alpha value is -0.570. The van der Waals surface area contributed by atoms with Gasteiger partial charge in [0.25, 0.3) is 0 Å². The summed E-state index contributed by atoms with van der Waals surface area (Å²) in [6.07, 6.45) is 0.828. The van der Waals surface area contributed by atoms with Crippen molar-refractivity contribution in [2.75, 3.05) is 14.2 Å². The second-order valence-corrected chi connectivity index (χ2v) is 2.78. The van der Waals surface area contributed by atoms with Crippen LogP contribution >= 0.6 is 0 Å². The largest absolute Gasteiger partial charge is 0.362 e. The van der Waals surface area contributed by atoms with Gasteiger partial charge in [0.05, 0.1) is 0 Å². The summed E-state index contributed by atoms with van der Waals surface area (Å²) in [4.78, 5) is 12.8. The molecule has 0 N–H and O–H groups in total. The van der Waals surface area contributed by atoms with Crippen molar-refractivity contribution in [1.29, 1.82) is 0 Å². The lowest BCUT2D eigenvalue weighted by molar-refractivity contribution is -0.134. The monoisotopic (exact) mass is 143 g/mol. The van der Waals surface area contributed by atoms with Gasteiger partial charge in [-0.15, -0.1) is 0 Å². The first-order valence-corrected chi connectivity index (χ1v) is 3.46. The predicted octanol–water partition coefficient (Wildman–Crippen LogP) is 0.457. The number of rotatable bonds is 1. The first-order chi connectivity index (χ1) is 4.66. The Labute approximate surface area is 61.0 Å². The molecule has 0 aromatic carbocycles. The summed E-state index contributed by atoms with van der Waals surface area (Å²) in [5.41, 5.74) is 0. The lowest BCUT2D eigenvalue weighted by Crippen LogP contribution is -2.30. The van der Waals surface area contributed by atoms with Crippen molar-refractivity contribution in [3.63, 3.8) is 0 Å². The minimum atomic E-state index is 0.00231. The van der Waals surface area contributed by atoms with Crippen molar-refractivity contribution in [1.82, 2.24) is 4.90 Å². The number of carbonyl (C=O) groups excluding carboxylic acids is 1. The average Bonchev–Trinajstić information content (AvgIpc) is 2.17. The van der Waals surface area contributed by atoms with Crippen LogP contribution in [-0.4, -0.2) is 31.2 Å². The van der Waals surface area contributed by atoms with Crippen molar-refractivity contribution >= 4 is 5.91 Å². The van der Waals surface area contributed by atoms with E-state index >= 15 is 0 Å². The molecule has 1 saturated heterocycles. The van der Waals surface area contributed by atoms with E-state index in [1.165, 1.54) is 0 Å². The molecular weight excluding hydrogens is 130 g/mol. The van der Waals surface area contributed by atoms with Crippen molar-refractivity contribution in [2.45, 2.75) is 19.6 Å². The second-order valence-electron chi connectivity index (χ2n) is 2.78. The molecule has 1 fully saturated rings. The molecule has 58 valence electrons. The number of hydrogen-bond acceptors (Lipinski definition) is 2. The Kier molecular flexibility index (Phi) is 1.94. The molecule has 3 heteroatoms. The molecule has 1 rings (SSSR count). The summed E-state index contributed by atoms with van der Waals surface area (Å²) in [6.45, 7) is 1.93. The quantitative estimate of drug-likeness (QED) is 0.533. The molecule has 1 heterocycles. The zero-order valence-corrected chi connectivity index (χ0v) is 6.63. The minimum absolute atomic E-state index is 0.00231. The number of methoxy groups -OCH3 is 1. The smallest absolute Gasteiger partial charge is 0.227 e. The molecule has 10 heavy (non-hydrogen) atoms. The molecule has 0 aromatic rings. The number of nitrogens with zero attached hydrogens (tertiary/aromatic N) is 1. The van der Waals surface area contributed by atoms with E-state index in [0.29, 0.717) is 0 Å². The van der Waals surface area contributed by atoms with Gasteiger partial charge in [-0.05, 0) is 0 Å². The molecule has 0 aromatic heterocycles. The van der Waals surface area contributed by atoms with E-state index in [9.17, 15) is 4.79 Å². The van der Waals surface area contributed by atoms with Crippen molar-refractivity contribution in [2.24, 2.45) is 5.92 Å². The lowest BCUT2D eigenvalue weighted by Gasteiger charge is -2.16. The van der Waals surface area contributed by atoms with Gasteiger partial charge in [0, 0.05) is 26.5 Å². The van der Waals surface area contributed by atoms with E-state index in [4.69, 9.17) is 4.74 Å². The molecule has 2 atom stereocenters. The van der Waals surface area contributed by atoms with Crippen LogP contribution in [0.1, 0.15) is 13.3 Å².